The number of rotatable bonds is 6. The molecular weight excluding hydrogens is 359 g/mol. The molecule has 2 rings (SSSR count). The lowest BCUT2D eigenvalue weighted by Crippen LogP contribution is -2.38. The van der Waals surface area contributed by atoms with Gasteiger partial charge in [-0.05, 0) is 26.0 Å². The molecule has 6 nitrogen and oxygen atoms in total. The number of hydrogen-bond donors (Lipinski definition) is 2. The van der Waals surface area contributed by atoms with Gasteiger partial charge in [-0.2, -0.15) is 0 Å². The minimum Gasteiger partial charge on any atom is -0.361 e. The second-order valence-corrected chi connectivity index (χ2v) is 5.65. The van der Waals surface area contributed by atoms with Crippen molar-refractivity contribution in [2.75, 3.05) is 6.54 Å². The van der Waals surface area contributed by atoms with Crippen molar-refractivity contribution in [3.8, 4) is 0 Å². The van der Waals surface area contributed by atoms with Crippen LogP contribution in [-0.4, -0.2) is 28.6 Å². The fraction of sp³-hybridized carbons (Fsp3) is 0.357. The molecule has 23 heavy (non-hydrogen) atoms. The van der Waals surface area contributed by atoms with Gasteiger partial charge in [0.15, 0.2) is 0 Å². The van der Waals surface area contributed by atoms with Crippen LogP contribution in [0.4, 0.5) is 0 Å². The summed E-state index contributed by atoms with van der Waals surface area (Å²) in [5.41, 5.74) is 6.89. The Morgan fingerprint density at radius 1 is 1.48 bits per heavy atom. The van der Waals surface area contributed by atoms with Gasteiger partial charge in [0.25, 0.3) is 5.91 Å². The smallest absolute Gasteiger partial charge is 0.254 e. The summed E-state index contributed by atoms with van der Waals surface area (Å²) < 4.78 is 5.02. The van der Waals surface area contributed by atoms with Crippen LogP contribution < -0.4 is 11.1 Å². The molecule has 1 amide bonds. The van der Waals surface area contributed by atoms with Crippen molar-refractivity contribution in [1.82, 2.24) is 15.5 Å². The van der Waals surface area contributed by atoms with Crippen LogP contribution in [0.15, 0.2) is 33.9 Å². The van der Waals surface area contributed by atoms with Gasteiger partial charge in [0.2, 0.25) is 0 Å². The van der Waals surface area contributed by atoms with Crippen LogP contribution in [0.2, 0.25) is 0 Å². The fourth-order valence-electron chi connectivity index (χ4n) is 1.67. The zero-order chi connectivity index (χ0) is 15.2. The Morgan fingerprint density at radius 2 is 2.22 bits per heavy atom. The number of nitrogens with one attached hydrogen (secondary N) is 1. The van der Waals surface area contributed by atoms with Crippen LogP contribution >= 0.6 is 36.6 Å². The molecule has 0 spiro atoms. The number of carbonyl (C=O) groups excluding carboxylic acids is 1. The Hall–Kier alpha value is -1.28. The van der Waals surface area contributed by atoms with Gasteiger partial charge in [-0.1, -0.05) is 16.9 Å². The highest BCUT2D eigenvalue weighted by Gasteiger charge is 2.15. The van der Waals surface area contributed by atoms with E-state index in [1.165, 1.54) is 11.8 Å². The summed E-state index contributed by atoms with van der Waals surface area (Å²) in [4.78, 5) is 16.5. The van der Waals surface area contributed by atoms with Gasteiger partial charge in [-0.25, -0.2) is 4.98 Å². The number of hydrogen-bond acceptors (Lipinski definition) is 6. The molecule has 0 saturated heterocycles. The Morgan fingerprint density at radius 3 is 2.83 bits per heavy atom. The number of nitrogens with two attached hydrogens (primary N) is 1. The maximum absolute atomic E-state index is 12.2. The Balaban J connectivity index is 0.00000242. The van der Waals surface area contributed by atoms with E-state index in [1.54, 1.807) is 18.3 Å². The van der Waals surface area contributed by atoms with E-state index in [-0.39, 0.29) is 36.8 Å². The van der Waals surface area contributed by atoms with E-state index in [2.05, 4.69) is 15.5 Å². The molecule has 2 heterocycles. The molecule has 0 saturated carbocycles. The summed E-state index contributed by atoms with van der Waals surface area (Å²) in [7, 11) is 0. The van der Waals surface area contributed by atoms with Crippen molar-refractivity contribution in [3.05, 3.63) is 41.4 Å². The van der Waals surface area contributed by atoms with Crippen molar-refractivity contribution in [2.24, 2.45) is 5.73 Å². The van der Waals surface area contributed by atoms with Crippen molar-refractivity contribution >= 4 is 42.5 Å². The van der Waals surface area contributed by atoms with E-state index >= 15 is 0 Å². The van der Waals surface area contributed by atoms with E-state index in [4.69, 9.17) is 10.3 Å². The molecular formula is C14H20Cl2N4O2S. The molecule has 1 atom stereocenters. The number of halogens is 2. The summed E-state index contributed by atoms with van der Waals surface area (Å²) in [5.74, 6) is 1.20. The number of aryl methyl sites for hydroxylation is 1. The van der Waals surface area contributed by atoms with Gasteiger partial charge in [0.1, 0.15) is 10.8 Å². The zero-order valence-electron chi connectivity index (χ0n) is 12.8. The van der Waals surface area contributed by atoms with Gasteiger partial charge >= 0.3 is 0 Å². The Bertz CT molecular complexity index is 624. The monoisotopic (exact) mass is 378 g/mol. The number of amides is 1. The molecule has 3 N–H and O–H groups in total. The molecule has 2 aromatic rings. The van der Waals surface area contributed by atoms with Gasteiger partial charge in [0, 0.05) is 30.6 Å². The lowest BCUT2D eigenvalue weighted by molar-refractivity contribution is 0.0937. The predicted octanol–water partition coefficient (Wildman–Crippen LogP) is 2.59. The topological polar surface area (TPSA) is 94.0 Å². The summed E-state index contributed by atoms with van der Waals surface area (Å²) in [6.45, 7) is 4.10. The van der Waals surface area contributed by atoms with Crippen LogP contribution in [0.25, 0.3) is 0 Å². The van der Waals surface area contributed by atoms with E-state index < -0.39 is 0 Å². The average Bonchev–Trinajstić information content (AvgIpc) is 2.90. The first-order valence-corrected chi connectivity index (χ1v) is 7.59. The molecule has 0 fully saturated rings. The van der Waals surface area contributed by atoms with Gasteiger partial charge in [0.05, 0.1) is 11.3 Å². The number of aromatic nitrogens is 2. The lowest BCUT2D eigenvalue weighted by Gasteiger charge is -2.12. The van der Waals surface area contributed by atoms with Crippen LogP contribution in [0.3, 0.4) is 0 Å². The number of thioether (sulfide) groups is 1. The maximum Gasteiger partial charge on any atom is 0.254 e. The zero-order valence-corrected chi connectivity index (χ0v) is 15.3. The summed E-state index contributed by atoms with van der Waals surface area (Å²) in [5, 5.41) is 7.43. The molecule has 0 aliphatic heterocycles. The molecule has 0 bridgehead atoms. The molecule has 2 aromatic heterocycles. The molecule has 128 valence electrons. The largest absolute Gasteiger partial charge is 0.361 e. The van der Waals surface area contributed by atoms with E-state index in [0.717, 1.165) is 11.5 Å². The van der Waals surface area contributed by atoms with Crippen LogP contribution in [0.5, 0.6) is 0 Å². The molecule has 0 aliphatic carbocycles. The third-order valence-electron chi connectivity index (χ3n) is 2.78. The number of pyridine rings is 1. The third kappa shape index (κ3) is 6.39. The van der Waals surface area contributed by atoms with Crippen LogP contribution in [-0.2, 0) is 5.75 Å². The van der Waals surface area contributed by atoms with Crippen molar-refractivity contribution in [1.29, 1.82) is 0 Å². The van der Waals surface area contributed by atoms with Crippen LogP contribution in [0.1, 0.15) is 28.7 Å². The quantitative estimate of drug-likeness (QED) is 0.750. The first-order chi connectivity index (χ1) is 10.1. The van der Waals surface area contributed by atoms with Gasteiger partial charge < -0.3 is 15.6 Å². The lowest BCUT2D eigenvalue weighted by atomic mass is 10.2. The van der Waals surface area contributed by atoms with E-state index in [1.807, 2.05) is 19.9 Å². The highest BCUT2D eigenvalue weighted by Crippen LogP contribution is 2.24. The van der Waals surface area contributed by atoms with E-state index in [9.17, 15) is 4.79 Å². The Kier molecular flexibility index (Phi) is 9.90. The first-order valence-electron chi connectivity index (χ1n) is 6.61. The van der Waals surface area contributed by atoms with Crippen molar-refractivity contribution < 1.29 is 9.32 Å². The highest BCUT2D eigenvalue weighted by molar-refractivity contribution is 7.98. The average molecular weight is 379 g/mol. The SMILES string of the molecule is Cc1cc(CSc2ncccc2C(=O)N[C@@H](C)CN)no1.Cl.Cl. The third-order valence-corrected chi connectivity index (χ3v) is 3.82. The second-order valence-electron chi connectivity index (χ2n) is 4.68. The van der Waals surface area contributed by atoms with Crippen LogP contribution in [0, 0.1) is 6.92 Å². The predicted molar refractivity (Wildman–Crippen MR) is 95.5 cm³/mol. The van der Waals surface area contributed by atoms with Gasteiger partial charge in [-0.3, -0.25) is 4.79 Å². The fourth-order valence-corrected chi connectivity index (χ4v) is 2.54. The molecule has 0 unspecified atom stereocenters. The van der Waals surface area contributed by atoms with Gasteiger partial charge in [-0.15, -0.1) is 24.8 Å². The molecule has 0 aromatic carbocycles. The minimum atomic E-state index is -0.167. The Labute approximate surface area is 151 Å². The summed E-state index contributed by atoms with van der Waals surface area (Å²) >= 11 is 1.45. The number of nitrogens with zero attached hydrogens (tertiary/aromatic N) is 2. The summed E-state index contributed by atoms with van der Waals surface area (Å²) in [6.07, 6.45) is 1.67. The van der Waals surface area contributed by atoms with Crippen molar-refractivity contribution in [3.63, 3.8) is 0 Å². The standard InChI is InChI=1S/C14H18N4O2S.2ClH/c1-9(7-15)17-13(19)12-4-3-5-16-14(12)21-8-11-6-10(2)20-18-11;;/h3-6,9H,7-8,15H2,1-2H3,(H,17,19);2*1H/t9-;;/m0../s1. The maximum atomic E-state index is 12.2. The second kappa shape index (κ2) is 10.5. The van der Waals surface area contributed by atoms with E-state index in [0.29, 0.717) is 22.9 Å². The highest BCUT2D eigenvalue weighted by atomic mass is 35.5. The first kappa shape index (κ1) is 21.7. The molecule has 0 aliphatic rings. The minimum absolute atomic E-state index is 0. The molecule has 0 radical (unpaired) electrons. The normalized spacial score (nSPS) is 11.1. The molecule has 9 heteroatoms. The number of carbonyl (C=O) groups is 1. The summed E-state index contributed by atoms with van der Waals surface area (Å²) in [6, 6.07) is 5.29. The van der Waals surface area contributed by atoms with Crippen molar-refractivity contribution in [2.45, 2.75) is 30.7 Å².